The van der Waals surface area contributed by atoms with Gasteiger partial charge in [-0.1, -0.05) is 45.5 Å². The Hall–Kier alpha value is -6.78. The number of nitrogens with one attached hydrogen (secondary N) is 2. The molecule has 2 N–H and O–H groups in total. The second-order valence-electron chi connectivity index (χ2n) is 11.7. The predicted molar refractivity (Wildman–Crippen MR) is 196 cm³/mol. The van der Waals surface area contributed by atoms with Crippen molar-refractivity contribution in [2.24, 2.45) is 10.8 Å². The van der Waals surface area contributed by atoms with Crippen molar-refractivity contribution in [3.8, 4) is 0 Å². The van der Waals surface area contributed by atoms with Crippen LogP contribution in [0.1, 0.15) is 18.4 Å². The number of benzene rings is 1. The molecule has 0 aliphatic rings. The number of aryl methyl sites for hydroxylation is 1. The first-order valence-corrected chi connectivity index (χ1v) is 16.2. The minimum Gasteiger partial charge on any atom is -0.462 e. The summed E-state index contributed by atoms with van der Waals surface area (Å²) in [6.07, 6.45) is 3.28. The van der Waals surface area contributed by atoms with Gasteiger partial charge in [-0.05, 0) is 37.1 Å². The normalized spacial score (nSPS) is 10.5. The summed E-state index contributed by atoms with van der Waals surface area (Å²) in [7, 11) is 0. The van der Waals surface area contributed by atoms with Crippen LogP contribution in [-0.2, 0) is 61.9 Å². The molecule has 2 amide bonds. The van der Waals surface area contributed by atoms with E-state index in [4.69, 9.17) is 33.2 Å². The molecule has 0 atom stereocenters. The van der Waals surface area contributed by atoms with Gasteiger partial charge in [-0.25, -0.2) is 33.6 Å². The molecule has 1 rings (SSSR count). The van der Waals surface area contributed by atoms with Crippen LogP contribution in [-0.4, -0.2) is 94.1 Å². The van der Waals surface area contributed by atoms with E-state index >= 15 is 0 Å². The summed E-state index contributed by atoms with van der Waals surface area (Å²) in [6, 6.07) is 4.39. The van der Waals surface area contributed by atoms with Crippen LogP contribution in [0.3, 0.4) is 0 Å². The van der Waals surface area contributed by atoms with E-state index in [1.54, 1.807) is 13.0 Å². The minimum absolute atomic E-state index is 0.0497. The zero-order chi connectivity index (χ0) is 41.4. The van der Waals surface area contributed by atoms with Crippen molar-refractivity contribution >= 4 is 59.2 Å². The summed E-state index contributed by atoms with van der Waals surface area (Å²) in [4.78, 5) is 97.3. The van der Waals surface area contributed by atoms with Gasteiger partial charge in [0.15, 0.2) is 5.78 Å². The van der Waals surface area contributed by atoms with Crippen molar-refractivity contribution in [3.05, 3.63) is 99.7 Å². The van der Waals surface area contributed by atoms with Crippen LogP contribution in [0, 0.1) is 17.8 Å². The lowest BCUT2D eigenvalue weighted by atomic mass is 9.84. The molecule has 0 aliphatic carbocycles. The second-order valence-corrected chi connectivity index (χ2v) is 11.7. The van der Waals surface area contributed by atoms with Crippen molar-refractivity contribution in [2.45, 2.75) is 19.8 Å². The topological polar surface area (TPSA) is 225 Å². The average Bonchev–Trinajstić information content (AvgIpc) is 3.19. The highest BCUT2D eigenvalue weighted by molar-refractivity contribution is 5.90. The molecule has 0 saturated carbocycles. The van der Waals surface area contributed by atoms with Gasteiger partial charge >= 0.3 is 42.0 Å². The Morgan fingerprint density at radius 1 is 0.527 bits per heavy atom. The van der Waals surface area contributed by atoms with Gasteiger partial charge in [0.05, 0.1) is 5.41 Å². The Bertz CT molecular complexity index is 1540. The van der Waals surface area contributed by atoms with E-state index in [1.165, 1.54) is 12.1 Å². The highest BCUT2D eigenvalue weighted by Gasteiger charge is 2.38. The van der Waals surface area contributed by atoms with Crippen LogP contribution < -0.4 is 10.6 Å². The molecule has 0 aromatic heterocycles. The maximum absolute atomic E-state index is 13.0. The third-order valence-electron chi connectivity index (χ3n) is 7.31. The molecular weight excluding hydrogens is 724 g/mol. The van der Waals surface area contributed by atoms with Crippen LogP contribution >= 0.6 is 0 Å². The third kappa shape index (κ3) is 17.5. The van der Waals surface area contributed by atoms with E-state index in [2.05, 4.69) is 50.1 Å². The molecule has 0 aliphatic heterocycles. The maximum Gasteiger partial charge on any atom is 0.411 e. The lowest BCUT2D eigenvalue weighted by Crippen LogP contribution is -2.44. The summed E-state index contributed by atoms with van der Waals surface area (Å²) in [5, 5.41) is 4.99. The Balaban J connectivity index is 3.20. The van der Waals surface area contributed by atoms with Gasteiger partial charge in [-0.2, -0.15) is 0 Å². The van der Waals surface area contributed by atoms with Gasteiger partial charge in [0.25, 0.3) is 0 Å². The number of ketones is 1. The molecule has 0 spiro atoms. The summed E-state index contributed by atoms with van der Waals surface area (Å²) in [5.41, 5.74) is -2.14. The van der Waals surface area contributed by atoms with Gasteiger partial charge in [0.1, 0.15) is 51.7 Å². The molecule has 55 heavy (non-hydrogen) atoms. The smallest absolute Gasteiger partial charge is 0.411 e. The van der Waals surface area contributed by atoms with Gasteiger partial charge in [0, 0.05) is 48.2 Å². The minimum atomic E-state index is -1.58. The van der Waals surface area contributed by atoms with E-state index in [0.29, 0.717) is 5.56 Å². The molecule has 1 aromatic rings. The Labute approximate surface area is 317 Å². The second kappa shape index (κ2) is 23.7. The number of carbonyl (C=O) groups is 8. The molecule has 0 heterocycles. The third-order valence-corrected chi connectivity index (χ3v) is 7.31. The SMILES string of the molecule is C=CC(=O)CCC(COC(=O)C=C)(COC(=O)C=C)COC(=O)Nc1cc(NC(=O)OCC(COC(=O)C=C)(COC(=O)C=C)COC(=O)C=C)ccc1C. The van der Waals surface area contributed by atoms with Crippen molar-refractivity contribution in [1.82, 2.24) is 0 Å². The molecular formula is C38H44N2O15. The van der Waals surface area contributed by atoms with Crippen LogP contribution in [0.15, 0.2) is 94.1 Å². The molecule has 0 fully saturated rings. The summed E-state index contributed by atoms with van der Waals surface area (Å²) < 4.78 is 36.5. The van der Waals surface area contributed by atoms with Crippen LogP contribution in [0.5, 0.6) is 0 Å². The number of carbonyl (C=O) groups excluding carboxylic acids is 8. The maximum atomic E-state index is 13.0. The quantitative estimate of drug-likeness (QED) is 0.0806. The van der Waals surface area contributed by atoms with Crippen LogP contribution in [0.4, 0.5) is 21.0 Å². The first-order valence-electron chi connectivity index (χ1n) is 16.2. The molecule has 0 radical (unpaired) electrons. The Morgan fingerprint density at radius 2 is 0.891 bits per heavy atom. The molecule has 0 bridgehead atoms. The number of hydrogen-bond donors (Lipinski definition) is 2. The van der Waals surface area contributed by atoms with Crippen molar-refractivity contribution < 1.29 is 71.5 Å². The van der Waals surface area contributed by atoms with Gasteiger partial charge in [0.2, 0.25) is 0 Å². The fraction of sp³-hybridized carbons (Fsp3) is 0.316. The number of allylic oxidation sites excluding steroid dienone is 1. The Morgan fingerprint density at radius 3 is 1.29 bits per heavy atom. The summed E-state index contributed by atoms with van der Waals surface area (Å²) >= 11 is 0. The first-order chi connectivity index (χ1) is 26.1. The molecule has 0 saturated heterocycles. The summed E-state index contributed by atoms with van der Waals surface area (Å²) in [5.74, 6) is -4.59. The Kier molecular flexibility index (Phi) is 19.9. The number of amides is 2. The number of esters is 5. The van der Waals surface area contributed by atoms with E-state index in [9.17, 15) is 38.4 Å². The number of hydrogen-bond acceptors (Lipinski definition) is 15. The van der Waals surface area contributed by atoms with Crippen molar-refractivity contribution in [3.63, 3.8) is 0 Å². The molecule has 0 unspecified atom stereocenters. The number of ether oxygens (including phenoxy) is 7. The monoisotopic (exact) mass is 768 g/mol. The van der Waals surface area contributed by atoms with E-state index < -0.39 is 99.1 Å². The van der Waals surface area contributed by atoms with E-state index in [-0.39, 0.29) is 30.0 Å². The van der Waals surface area contributed by atoms with Crippen molar-refractivity contribution in [2.75, 3.05) is 56.9 Å². The van der Waals surface area contributed by atoms with Gasteiger partial charge in [-0.15, -0.1) is 0 Å². The van der Waals surface area contributed by atoms with Gasteiger partial charge < -0.3 is 33.2 Å². The largest absolute Gasteiger partial charge is 0.462 e. The van der Waals surface area contributed by atoms with Crippen LogP contribution in [0.2, 0.25) is 0 Å². The number of rotatable bonds is 25. The summed E-state index contributed by atoms with van der Waals surface area (Å²) in [6.45, 7) is 18.1. The first kappa shape index (κ1) is 46.2. The highest BCUT2D eigenvalue weighted by atomic mass is 16.6. The lowest BCUT2D eigenvalue weighted by Gasteiger charge is -2.31. The molecule has 17 nitrogen and oxygen atoms in total. The molecule has 296 valence electrons. The predicted octanol–water partition coefficient (Wildman–Crippen LogP) is 4.25. The fourth-order valence-corrected chi connectivity index (χ4v) is 4.07. The number of anilines is 2. The molecule has 17 heteroatoms. The van der Waals surface area contributed by atoms with E-state index in [0.717, 1.165) is 36.5 Å². The van der Waals surface area contributed by atoms with E-state index in [1.807, 2.05) is 0 Å². The van der Waals surface area contributed by atoms with Crippen molar-refractivity contribution in [1.29, 1.82) is 0 Å². The fourth-order valence-electron chi connectivity index (χ4n) is 4.07. The highest BCUT2D eigenvalue weighted by Crippen LogP contribution is 2.28. The lowest BCUT2D eigenvalue weighted by molar-refractivity contribution is -0.159. The standard InChI is InChI=1S/C38H44N2O15/c1-8-28(41)16-17-37(19-49-30(42)9-2,20-50-31(43)10-3)21-54-36(48)40-29-18-27(15-14-26(29)7)39-35(47)55-25-38(22-51-32(44)11-4,23-52-33(45)12-5)24-53-34(46)13-6/h8-15,18H,1-6,16-17,19-25H2,7H3,(H,39,47)(H,40,48). The zero-order valence-electron chi connectivity index (χ0n) is 30.4. The zero-order valence-corrected chi connectivity index (χ0v) is 30.4. The average molecular weight is 769 g/mol. The van der Waals surface area contributed by atoms with Gasteiger partial charge in [-0.3, -0.25) is 15.4 Å². The van der Waals surface area contributed by atoms with Crippen LogP contribution in [0.25, 0.3) is 0 Å². The molecule has 1 aromatic carbocycles.